The van der Waals surface area contributed by atoms with Gasteiger partial charge in [0.25, 0.3) is 0 Å². The fourth-order valence-corrected chi connectivity index (χ4v) is 3.61. The second-order valence-electron chi connectivity index (χ2n) is 8.03. The number of aliphatic imine (C=N–C) groups is 1. The van der Waals surface area contributed by atoms with Crippen molar-refractivity contribution in [3.8, 4) is 0 Å². The number of carbonyl (C=O) groups is 1. The van der Waals surface area contributed by atoms with Gasteiger partial charge in [0.05, 0.1) is 6.10 Å². The fraction of sp³-hybridized carbons (Fsp3) is 0.895. The number of carbonyl (C=O) groups excluding carboxylic acids is 1. The molecule has 0 bridgehead atoms. The molecule has 0 saturated carbocycles. The van der Waals surface area contributed by atoms with Crippen molar-refractivity contribution in [3.63, 3.8) is 0 Å². The molecule has 1 N–H and O–H groups in total. The van der Waals surface area contributed by atoms with E-state index in [2.05, 4.69) is 29.1 Å². The molecule has 2 fully saturated rings. The molecule has 0 aromatic rings. The maximum atomic E-state index is 11.9. The van der Waals surface area contributed by atoms with Gasteiger partial charge in [-0.25, -0.2) is 4.99 Å². The van der Waals surface area contributed by atoms with Crippen LogP contribution in [0.25, 0.3) is 0 Å². The van der Waals surface area contributed by atoms with E-state index >= 15 is 0 Å². The topological polar surface area (TPSA) is 57.2 Å². The number of hydrogen-bond acceptors (Lipinski definition) is 3. The molecule has 0 aliphatic carbocycles. The van der Waals surface area contributed by atoms with Crippen molar-refractivity contribution in [1.82, 2.24) is 15.1 Å². The first kappa shape index (κ1) is 23.5. The van der Waals surface area contributed by atoms with Crippen LogP contribution >= 0.6 is 24.0 Å². The number of amides is 1. The summed E-state index contributed by atoms with van der Waals surface area (Å²) < 4.78 is 5.82. The lowest BCUT2D eigenvalue weighted by molar-refractivity contribution is -0.127. The number of likely N-dealkylation sites (N-methyl/N-ethyl adjacent to an activating group) is 1. The van der Waals surface area contributed by atoms with E-state index < -0.39 is 0 Å². The molecule has 0 aromatic carbocycles. The largest absolute Gasteiger partial charge is 0.376 e. The van der Waals surface area contributed by atoms with Gasteiger partial charge in [0.1, 0.15) is 6.54 Å². The second kappa shape index (κ2) is 12.0. The van der Waals surface area contributed by atoms with E-state index in [-0.39, 0.29) is 42.5 Å². The van der Waals surface area contributed by atoms with Crippen LogP contribution in [0.1, 0.15) is 46.0 Å². The average molecular weight is 480 g/mol. The van der Waals surface area contributed by atoms with Crippen LogP contribution in [0.5, 0.6) is 0 Å². The van der Waals surface area contributed by atoms with Crippen LogP contribution in [0.2, 0.25) is 0 Å². The van der Waals surface area contributed by atoms with Crippen LogP contribution in [0.3, 0.4) is 0 Å². The molecule has 2 saturated heterocycles. The van der Waals surface area contributed by atoms with Crippen molar-refractivity contribution in [2.24, 2.45) is 16.8 Å². The third-order valence-electron chi connectivity index (χ3n) is 5.01. The maximum Gasteiger partial charge on any atom is 0.243 e. The lowest BCUT2D eigenvalue weighted by Crippen LogP contribution is -2.45. The van der Waals surface area contributed by atoms with Gasteiger partial charge in [-0.1, -0.05) is 13.8 Å². The second-order valence-corrected chi connectivity index (χ2v) is 8.03. The zero-order valence-corrected chi connectivity index (χ0v) is 19.2. The molecule has 0 radical (unpaired) electrons. The lowest BCUT2D eigenvalue weighted by atomic mass is 9.97. The summed E-state index contributed by atoms with van der Waals surface area (Å²) in [6.45, 7) is 8.46. The van der Waals surface area contributed by atoms with Crippen molar-refractivity contribution in [2.45, 2.75) is 52.1 Å². The summed E-state index contributed by atoms with van der Waals surface area (Å²) in [6, 6.07) is 0. The van der Waals surface area contributed by atoms with Crippen molar-refractivity contribution in [3.05, 3.63) is 0 Å². The van der Waals surface area contributed by atoms with E-state index in [1.54, 1.807) is 19.0 Å². The minimum atomic E-state index is 0. The molecule has 2 unspecified atom stereocenters. The van der Waals surface area contributed by atoms with Crippen molar-refractivity contribution >= 4 is 35.8 Å². The molecular formula is C19H37IN4O2. The standard InChI is InChI=1S/C19H36N4O2.HI/c1-15(2)11-16-8-9-23(14-16)19(21-13-18(24)22(3)4)20-12-17-7-5-6-10-25-17;/h15-17H,5-14H2,1-4H3,(H,20,21);1H. The zero-order valence-electron chi connectivity index (χ0n) is 16.9. The first-order valence-corrected chi connectivity index (χ1v) is 9.80. The molecule has 2 heterocycles. The van der Waals surface area contributed by atoms with E-state index in [1.165, 1.54) is 19.3 Å². The number of nitrogens with zero attached hydrogens (tertiary/aromatic N) is 3. The normalized spacial score (nSPS) is 23.7. The molecule has 2 atom stereocenters. The monoisotopic (exact) mass is 480 g/mol. The van der Waals surface area contributed by atoms with Gasteiger partial charge in [-0.05, 0) is 43.9 Å². The van der Waals surface area contributed by atoms with E-state index in [0.717, 1.165) is 56.9 Å². The Morgan fingerprint density at radius 1 is 1.31 bits per heavy atom. The average Bonchev–Trinajstić information content (AvgIpc) is 3.03. The number of likely N-dealkylation sites (tertiary alicyclic amines) is 1. The Labute approximate surface area is 176 Å². The van der Waals surface area contributed by atoms with Crippen LogP contribution in [-0.2, 0) is 9.53 Å². The number of rotatable bonds is 6. The van der Waals surface area contributed by atoms with Crippen LogP contribution in [0.4, 0.5) is 0 Å². The highest BCUT2D eigenvalue weighted by Gasteiger charge is 2.26. The molecule has 152 valence electrons. The van der Waals surface area contributed by atoms with Crippen molar-refractivity contribution in [2.75, 3.05) is 46.9 Å². The molecule has 6 nitrogen and oxygen atoms in total. The highest BCUT2D eigenvalue weighted by molar-refractivity contribution is 14.0. The molecule has 2 rings (SSSR count). The van der Waals surface area contributed by atoms with Crippen LogP contribution in [0, 0.1) is 11.8 Å². The molecule has 0 aromatic heterocycles. The third-order valence-corrected chi connectivity index (χ3v) is 5.01. The summed E-state index contributed by atoms with van der Waals surface area (Å²) in [5.41, 5.74) is 0. The predicted octanol–water partition coefficient (Wildman–Crippen LogP) is 2.58. The van der Waals surface area contributed by atoms with Crippen molar-refractivity contribution in [1.29, 1.82) is 0 Å². The number of ether oxygens (including phenoxy) is 1. The minimum Gasteiger partial charge on any atom is -0.376 e. The van der Waals surface area contributed by atoms with Gasteiger partial charge in [-0.2, -0.15) is 0 Å². The first-order chi connectivity index (χ1) is 12.0. The number of nitrogens with one attached hydrogen (secondary N) is 1. The van der Waals surface area contributed by atoms with Crippen LogP contribution in [-0.4, -0.2) is 74.7 Å². The van der Waals surface area contributed by atoms with Gasteiger partial charge < -0.3 is 19.9 Å². The number of halogens is 1. The summed E-state index contributed by atoms with van der Waals surface area (Å²) in [5, 5.41) is 3.48. The van der Waals surface area contributed by atoms with E-state index in [1.807, 2.05) is 0 Å². The Morgan fingerprint density at radius 2 is 2.08 bits per heavy atom. The molecule has 0 spiro atoms. The highest BCUT2D eigenvalue weighted by atomic mass is 127. The van der Waals surface area contributed by atoms with Gasteiger partial charge >= 0.3 is 0 Å². The van der Waals surface area contributed by atoms with Crippen LogP contribution in [0.15, 0.2) is 4.99 Å². The molecule has 7 heteroatoms. The van der Waals surface area contributed by atoms with Crippen LogP contribution < -0.4 is 5.32 Å². The molecule has 1 amide bonds. The Balaban J connectivity index is 0.00000338. The number of hydrogen-bond donors (Lipinski definition) is 1. The SMILES string of the molecule is CC(C)CC1CCN(C(=NCC(=O)N(C)C)NCC2CCCCO2)C1.I. The molecular weight excluding hydrogens is 443 g/mol. The van der Waals surface area contributed by atoms with E-state index in [0.29, 0.717) is 0 Å². The highest BCUT2D eigenvalue weighted by Crippen LogP contribution is 2.23. The quantitative estimate of drug-likeness (QED) is 0.361. The summed E-state index contributed by atoms with van der Waals surface area (Å²) in [5.74, 6) is 2.36. The Morgan fingerprint density at radius 3 is 2.69 bits per heavy atom. The fourth-order valence-electron chi connectivity index (χ4n) is 3.61. The van der Waals surface area contributed by atoms with Crippen molar-refractivity contribution < 1.29 is 9.53 Å². The lowest BCUT2D eigenvalue weighted by Gasteiger charge is -2.27. The predicted molar refractivity (Wildman–Crippen MR) is 117 cm³/mol. The Kier molecular flexibility index (Phi) is 10.8. The van der Waals surface area contributed by atoms with E-state index in [4.69, 9.17) is 4.74 Å². The van der Waals surface area contributed by atoms with Gasteiger partial charge in [-0.15, -0.1) is 24.0 Å². The summed E-state index contributed by atoms with van der Waals surface area (Å²) in [4.78, 5) is 20.4. The smallest absolute Gasteiger partial charge is 0.243 e. The Hall–Kier alpha value is -0.570. The number of guanidine groups is 1. The van der Waals surface area contributed by atoms with Gasteiger partial charge in [0, 0.05) is 40.3 Å². The first-order valence-electron chi connectivity index (χ1n) is 9.80. The molecule has 2 aliphatic rings. The zero-order chi connectivity index (χ0) is 18.2. The van der Waals surface area contributed by atoms with Gasteiger partial charge in [0.15, 0.2) is 5.96 Å². The van der Waals surface area contributed by atoms with E-state index in [9.17, 15) is 4.79 Å². The summed E-state index contributed by atoms with van der Waals surface area (Å²) in [6.07, 6.45) is 6.23. The molecule has 2 aliphatic heterocycles. The minimum absolute atomic E-state index is 0. The van der Waals surface area contributed by atoms with Gasteiger partial charge in [0.2, 0.25) is 5.91 Å². The molecule has 26 heavy (non-hydrogen) atoms. The Bertz CT molecular complexity index is 451. The summed E-state index contributed by atoms with van der Waals surface area (Å²) in [7, 11) is 3.55. The summed E-state index contributed by atoms with van der Waals surface area (Å²) >= 11 is 0. The maximum absolute atomic E-state index is 11.9. The van der Waals surface area contributed by atoms with Gasteiger partial charge in [-0.3, -0.25) is 4.79 Å². The third kappa shape index (κ3) is 7.98.